The molecule has 1 aliphatic heterocycles. The molecule has 2 unspecified atom stereocenters. The molecule has 1 aliphatic rings. The highest BCUT2D eigenvalue weighted by molar-refractivity contribution is 4.98. The zero-order valence-electron chi connectivity index (χ0n) is 9.42. The summed E-state index contributed by atoms with van der Waals surface area (Å²) in [4.78, 5) is 4.01. The zero-order chi connectivity index (χ0) is 12.5. The van der Waals surface area contributed by atoms with Gasteiger partial charge in [0.2, 0.25) is 5.89 Å². The number of rotatable bonds is 3. The molecule has 7 heteroatoms. The van der Waals surface area contributed by atoms with E-state index in [0.717, 1.165) is 13.0 Å². The molecule has 96 valence electrons. The predicted molar refractivity (Wildman–Crippen MR) is 53.2 cm³/mol. The minimum absolute atomic E-state index is 0.0258. The van der Waals surface area contributed by atoms with Crippen LogP contribution in [0.3, 0.4) is 0 Å². The molecule has 17 heavy (non-hydrogen) atoms. The zero-order valence-corrected chi connectivity index (χ0v) is 9.42. The maximum Gasteiger partial charge on any atom is 0.389 e. The summed E-state index contributed by atoms with van der Waals surface area (Å²) in [7, 11) is 0. The fourth-order valence-electron chi connectivity index (χ4n) is 1.91. The van der Waals surface area contributed by atoms with E-state index in [1.165, 1.54) is 0 Å². The molecule has 1 aromatic heterocycles. The molecule has 0 radical (unpaired) electrons. The fourth-order valence-corrected chi connectivity index (χ4v) is 1.91. The summed E-state index contributed by atoms with van der Waals surface area (Å²) in [6.07, 6.45) is -4.32. The summed E-state index contributed by atoms with van der Waals surface area (Å²) in [5.41, 5.74) is 0. The van der Waals surface area contributed by atoms with Gasteiger partial charge < -0.3 is 9.84 Å². The van der Waals surface area contributed by atoms with Gasteiger partial charge in [-0.25, -0.2) is 0 Å². The van der Waals surface area contributed by atoms with Gasteiger partial charge in [-0.3, -0.25) is 0 Å². The lowest BCUT2D eigenvalue weighted by molar-refractivity contribution is -0.134. The monoisotopic (exact) mass is 249 g/mol. The van der Waals surface area contributed by atoms with Crippen molar-refractivity contribution in [1.29, 1.82) is 0 Å². The predicted octanol–water partition coefficient (Wildman–Crippen LogP) is 2.24. The molecule has 0 bridgehead atoms. The van der Waals surface area contributed by atoms with Gasteiger partial charge >= 0.3 is 6.18 Å². The Hall–Kier alpha value is -1.11. The minimum Gasteiger partial charge on any atom is -0.338 e. The highest BCUT2D eigenvalue weighted by Crippen LogP contribution is 2.28. The molecule has 0 spiro atoms. The molecule has 0 aromatic carbocycles. The molecular formula is C10H14F3N3O. The third-order valence-electron chi connectivity index (χ3n) is 2.91. The summed E-state index contributed by atoms with van der Waals surface area (Å²) in [6, 6.07) is -0.0258. The molecule has 0 aliphatic carbocycles. The number of nitrogens with zero attached hydrogens (tertiary/aromatic N) is 2. The lowest BCUT2D eigenvalue weighted by Gasteiger charge is -2.09. The second-order valence-corrected chi connectivity index (χ2v) is 4.36. The van der Waals surface area contributed by atoms with Crippen LogP contribution >= 0.6 is 0 Å². The number of hydrogen-bond donors (Lipinski definition) is 1. The van der Waals surface area contributed by atoms with Gasteiger partial charge in [0.15, 0.2) is 5.82 Å². The van der Waals surface area contributed by atoms with E-state index in [0.29, 0.717) is 11.8 Å². The van der Waals surface area contributed by atoms with Crippen LogP contribution in [-0.2, 0) is 6.42 Å². The van der Waals surface area contributed by atoms with Crippen molar-refractivity contribution in [1.82, 2.24) is 15.5 Å². The Balaban J connectivity index is 1.96. The molecule has 2 rings (SSSR count). The van der Waals surface area contributed by atoms with E-state index in [1.807, 2.05) is 6.92 Å². The average Bonchev–Trinajstić information content (AvgIpc) is 2.81. The van der Waals surface area contributed by atoms with Crippen LogP contribution in [0.2, 0.25) is 0 Å². The smallest absolute Gasteiger partial charge is 0.338 e. The molecule has 0 amide bonds. The topological polar surface area (TPSA) is 51.0 Å². The highest BCUT2D eigenvalue weighted by atomic mass is 19.4. The van der Waals surface area contributed by atoms with E-state index in [2.05, 4.69) is 15.5 Å². The van der Waals surface area contributed by atoms with E-state index in [9.17, 15) is 13.2 Å². The molecule has 4 nitrogen and oxygen atoms in total. The molecule has 1 N–H and O–H groups in total. The van der Waals surface area contributed by atoms with Crippen LogP contribution in [0, 0.1) is 5.92 Å². The Morgan fingerprint density at radius 2 is 2.24 bits per heavy atom. The number of aromatic nitrogens is 2. The van der Waals surface area contributed by atoms with Gasteiger partial charge in [-0.15, -0.1) is 0 Å². The maximum absolute atomic E-state index is 12.0. The lowest BCUT2D eigenvalue weighted by Crippen LogP contribution is -2.17. The summed E-state index contributed by atoms with van der Waals surface area (Å²) in [5.74, 6) is 0.885. The third-order valence-corrected chi connectivity index (χ3v) is 2.91. The Morgan fingerprint density at radius 3 is 2.82 bits per heavy atom. The van der Waals surface area contributed by atoms with Crippen molar-refractivity contribution in [3.63, 3.8) is 0 Å². The first-order valence-corrected chi connectivity index (χ1v) is 5.58. The number of halogens is 3. The Bertz CT molecular complexity index is 377. The van der Waals surface area contributed by atoms with Crippen molar-refractivity contribution in [2.24, 2.45) is 5.92 Å². The van der Waals surface area contributed by atoms with E-state index in [-0.39, 0.29) is 18.3 Å². The van der Waals surface area contributed by atoms with E-state index in [4.69, 9.17) is 4.52 Å². The molecule has 2 atom stereocenters. The second-order valence-electron chi connectivity index (χ2n) is 4.36. The van der Waals surface area contributed by atoms with Crippen LogP contribution in [-0.4, -0.2) is 22.9 Å². The minimum atomic E-state index is -4.18. The number of hydrogen-bond acceptors (Lipinski definition) is 4. The van der Waals surface area contributed by atoms with E-state index < -0.39 is 12.6 Å². The van der Waals surface area contributed by atoms with Crippen molar-refractivity contribution >= 4 is 0 Å². The standard InChI is InChI=1S/C10H14F3N3O/c1-6-3-5-14-8(6)9-15-7(16-17-9)2-4-10(11,12)13/h6,8,14H,2-5H2,1H3. The van der Waals surface area contributed by atoms with Crippen molar-refractivity contribution < 1.29 is 17.7 Å². The SMILES string of the molecule is CC1CCNC1c1nc(CCC(F)(F)F)no1. The normalized spacial score (nSPS) is 25.4. The van der Waals surface area contributed by atoms with E-state index in [1.54, 1.807) is 0 Å². The Labute approximate surface area is 96.6 Å². The van der Waals surface area contributed by atoms with Crippen LogP contribution in [0.15, 0.2) is 4.52 Å². The average molecular weight is 249 g/mol. The molecule has 0 saturated carbocycles. The van der Waals surface area contributed by atoms with Gasteiger partial charge in [0.25, 0.3) is 0 Å². The summed E-state index contributed by atoms with van der Waals surface area (Å²) < 4.78 is 41.0. The first kappa shape index (κ1) is 12.3. The van der Waals surface area contributed by atoms with Crippen molar-refractivity contribution in [3.05, 3.63) is 11.7 Å². The molecule has 1 fully saturated rings. The molecular weight excluding hydrogens is 235 g/mol. The lowest BCUT2D eigenvalue weighted by atomic mass is 10.0. The van der Waals surface area contributed by atoms with Gasteiger partial charge in [-0.2, -0.15) is 18.2 Å². The number of alkyl halides is 3. The third kappa shape index (κ3) is 3.18. The Kier molecular flexibility index (Phi) is 3.37. The van der Waals surface area contributed by atoms with Gasteiger partial charge in [0.1, 0.15) is 0 Å². The van der Waals surface area contributed by atoms with Crippen LogP contribution < -0.4 is 5.32 Å². The van der Waals surface area contributed by atoms with Crippen LogP contribution in [0.5, 0.6) is 0 Å². The van der Waals surface area contributed by atoms with Gasteiger partial charge in [0.05, 0.1) is 12.5 Å². The van der Waals surface area contributed by atoms with Gasteiger partial charge in [-0.1, -0.05) is 12.1 Å². The number of aryl methyl sites for hydroxylation is 1. The van der Waals surface area contributed by atoms with Crippen molar-refractivity contribution in [2.45, 2.75) is 38.4 Å². The summed E-state index contributed by atoms with van der Waals surface area (Å²) in [5, 5.41) is 6.76. The maximum atomic E-state index is 12.0. The van der Waals surface area contributed by atoms with Crippen molar-refractivity contribution in [3.8, 4) is 0 Å². The number of nitrogens with one attached hydrogen (secondary N) is 1. The largest absolute Gasteiger partial charge is 0.389 e. The van der Waals surface area contributed by atoms with Crippen LogP contribution in [0.4, 0.5) is 13.2 Å². The van der Waals surface area contributed by atoms with Crippen LogP contribution in [0.25, 0.3) is 0 Å². The highest BCUT2D eigenvalue weighted by Gasteiger charge is 2.31. The fraction of sp³-hybridized carbons (Fsp3) is 0.800. The first-order valence-electron chi connectivity index (χ1n) is 5.58. The van der Waals surface area contributed by atoms with Crippen molar-refractivity contribution in [2.75, 3.05) is 6.54 Å². The first-order chi connectivity index (χ1) is 7.96. The van der Waals surface area contributed by atoms with Gasteiger partial charge in [-0.05, 0) is 18.9 Å². The summed E-state index contributed by atoms with van der Waals surface area (Å²) in [6.45, 7) is 2.91. The molecule has 2 heterocycles. The molecule has 1 saturated heterocycles. The van der Waals surface area contributed by atoms with E-state index >= 15 is 0 Å². The molecule has 1 aromatic rings. The Morgan fingerprint density at radius 1 is 1.47 bits per heavy atom. The second kappa shape index (κ2) is 4.64. The van der Waals surface area contributed by atoms with Gasteiger partial charge in [0, 0.05) is 6.42 Å². The summed E-state index contributed by atoms with van der Waals surface area (Å²) >= 11 is 0. The quantitative estimate of drug-likeness (QED) is 0.892. The van der Waals surface area contributed by atoms with Crippen LogP contribution in [0.1, 0.15) is 37.5 Å².